The van der Waals surface area contributed by atoms with Crippen LogP contribution < -0.4 is 20.7 Å². The molecule has 2 heteroatoms. The van der Waals surface area contributed by atoms with Crippen molar-refractivity contribution < 1.29 is 0 Å². The van der Waals surface area contributed by atoms with Gasteiger partial charge in [0.05, 0.1) is 0 Å². The number of benzene rings is 6. The van der Waals surface area contributed by atoms with Gasteiger partial charge in [-0.1, -0.05) is 146 Å². The molecule has 7 rings (SSSR count). The Hall–Kier alpha value is -4.66. The Kier molecular flexibility index (Phi) is 5.53. The van der Waals surface area contributed by atoms with Crippen LogP contribution in [-0.2, 0) is 0 Å². The summed E-state index contributed by atoms with van der Waals surface area (Å²) >= 11 is 0. The summed E-state index contributed by atoms with van der Waals surface area (Å²) in [5.41, 5.74) is 4.81. The number of hydrogen-bond acceptors (Lipinski definition) is 0. The van der Waals surface area contributed by atoms with E-state index >= 15 is 0 Å². The normalized spacial score (nSPS) is 11.7. The number of aromatic amines is 1. The number of nitrogens with one attached hydrogen (secondary N) is 1. The molecule has 1 nitrogen and oxygen atoms in total. The Morgan fingerprint density at radius 2 is 0.842 bits per heavy atom. The highest BCUT2D eigenvalue weighted by molar-refractivity contribution is 7.19. The minimum Gasteiger partial charge on any atom is -0.354 e. The molecule has 0 atom stereocenters. The van der Waals surface area contributed by atoms with Crippen molar-refractivity contribution in [2.45, 2.75) is 0 Å². The SMILES string of the molecule is c1ccc([Si](c2ccccc2)(c2ccccc2)c2cccc(-c3ccc4c(c3)[nH]c3ccccc34)c2)cc1. The Bertz CT molecular complexity index is 1760. The predicted molar refractivity (Wildman–Crippen MR) is 165 cm³/mol. The van der Waals surface area contributed by atoms with E-state index in [0.29, 0.717) is 0 Å². The molecule has 1 heterocycles. The third-order valence-electron chi connectivity index (χ3n) is 7.76. The Labute approximate surface area is 224 Å². The van der Waals surface area contributed by atoms with Crippen molar-refractivity contribution in [3.8, 4) is 11.1 Å². The van der Waals surface area contributed by atoms with Gasteiger partial charge in [0.2, 0.25) is 0 Å². The average molecular weight is 502 g/mol. The van der Waals surface area contributed by atoms with E-state index in [1.54, 1.807) is 0 Å². The smallest absolute Gasteiger partial charge is 0.179 e. The highest BCUT2D eigenvalue weighted by Gasteiger charge is 2.41. The molecule has 0 aliphatic rings. The van der Waals surface area contributed by atoms with Crippen LogP contribution >= 0.6 is 0 Å². The second-order valence-corrected chi connectivity index (χ2v) is 13.7. The molecule has 1 aromatic heterocycles. The third-order valence-corrected chi connectivity index (χ3v) is 12.5. The van der Waals surface area contributed by atoms with Crippen molar-refractivity contribution in [3.05, 3.63) is 158 Å². The van der Waals surface area contributed by atoms with Gasteiger partial charge in [0, 0.05) is 21.8 Å². The van der Waals surface area contributed by atoms with E-state index in [2.05, 4.69) is 163 Å². The first-order valence-electron chi connectivity index (χ1n) is 13.1. The van der Waals surface area contributed by atoms with Crippen LogP contribution in [0.2, 0.25) is 0 Å². The van der Waals surface area contributed by atoms with Crippen LogP contribution in [0.1, 0.15) is 0 Å². The van der Waals surface area contributed by atoms with Crippen molar-refractivity contribution in [1.82, 2.24) is 4.98 Å². The zero-order valence-electron chi connectivity index (χ0n) is 21.0. The number of fused-ring (bicyclic) bond motifs is 3. The van der Waals surface area contributed by atoms with E-state index in [-0.39, 0.29) is 0 Å². The fourth-order valence-corrected chi connectivity index (χ4v) is 10.8. The molecule has 7 aromatic rings. The van der Waals surface area contributed by atoms with Crippen molar-refractivity contribution in [1.29, 1.82) is 0 Å². The summed E-state index contributed by atoms with van der Waals surface area (Å²) in [5.74, 6) is 0. The molecule has 1 N–H and O–H groups in total. The average Bonchev–Trinajstić information content (AvgIpc) is 3.37. The number of para-hydroxylation sites is 1. The lowest BCUT2D eigenvalue weighted by atomic mass is 10.0. The van der Waals surface area contributed by atoms with Crippen LogP contribution in [0.3, 0.4) is 0 Å². The molecule has 6 aromatic carbocycles. The number of H-pyrrole nitrogens is 1. The maximum absolute atomic E-state index is 3.62. The summed E-state index contributed by atoms with van der Waals surface area (Å²) in [5, 5.41) is 8.09. The van der Waals surface area contributed by atoms with Crippen LogP contribution in [0, 0.1) is 0 Å². The summed E-state index contributed by atoms with van der Waals surface area (Å²) < 4.78 is 0. The van der Waals surface area contributed by atoms with Crippen molar-refractivity contribution in [2.24, 2.45) is 0 Å². The van der Waals surface area contributed by atoms with Crippen molar-refractivity contribution in [2.75, 3.05) is 0 Å². The molecule has 0 spiro atoms. The minimum absolute atomic E-state index is 1.17. The molecule has 180 valence electrons. The van der Waals surface area contributed by atoms with Crippen LogP contribution in [0.25, 0.3) is 32.9 Å². The van der Waals surface area contributed by atoms with Crippen LogP contribution in [-0.4, -0.2) is 13.1 Å². The van der Waals surface area contributed by atoms with Gasteiger partial charge in [-0.3, -0.25) is 0 Å². The van der Waals surface area contributed by atoms with Crippen LogP contribution in [0.4, 0.5) is 0 Å². The molecule has 0 saturated heterocycles. The molecule has 0 fully saturated rings. The summed E-state index contributed by atoms with van der Waals surface area (Å²) in [7, 11) is -2.55. The predicted octanol–water partition coefficient (Wildman–Crippen LogP) is 6.37. The zero-order chi connectivity index (χ0) is 25.4. The van der Waals surface area contributed by atoms with E-state index in [1.165, 1.54) is 53.7 Å². The maximum Gasteiger partial charge on any atom is 0.179 e. The summed E-state index contributed by atoms with van der Waals surface area (Å²) in [6, 6.07) is 57.9. The molecule has 0 aliphatic carbocycles. The lowest BCUT2D eigenvalue weighted by Gasteiger charge is -2.34. The van der Waals surface area contributed by atoms with Crippen LogP contribution in [0.5, 0.6) is 0 Å². The molecule has 0 unspecified atom stereocenters. The first-order valence-corrected chi connectivity index (χ1v) is 15.1. The van der Waals surface area contributed by atoms with Gasteiger partial charge in [-0.05, 0) is 44.0 Å². The molecule has 0 radical (unpaired) electrons. The number of hydrogen-bond donors (Lipinski definition) is 1. The summed E-state index contributed by atoms with van der Waals surface area (Å²) in [4.78, 5) is 3.62. The standard InChI is InChI=1S/C36H27NSi/c1-4-14-29(15-5-1)38(30-16-6-2-7-17-30,31-18-8-3-9-19-31)32-20-12-13-27(25-32)28-23-24-34-33-21-10-11-22-35(33)37-36(34)26-28/h1-26,37H. The third kappa shape index (κ3) is 3.61. The molecule has 0 aliphatic heterocycles. The second kappa shape index (κ2) is 9.33. The Morgan fingerprint density at radius 1 is 0.342 bits per heavy atom. The maximum atomic E-state index is 3.62. The van der Waals surface area contributed by atoms with E-state index in [0.717, 1.165) is 0 Å². The first kappa shape index (κ1) is 22.5. The van der Waals surface area contributed by atoms with E-state index in [1.807, 2.05) is 0 Å². The van der Waals surface area contributed by atoms with Gasteiger partial charge < -0.3 is 4.98 Å². The highest BCUT2D eigenvalue weighted by atomic mass is 28.3. The summed E-state index contributed by atoms with van der Waals surface area (Å²) in [6.45, 7) is 0. The fraction of sp³-hybridized carbons (Fsp3) is 0. The molecule has 38 heavy (non-hydrogen) atoms. The Balaban J connectivity index is 1.48. The molecule has 0 amide bonds. The second-order valence-electron chi connectivity index (χ2n) is 9.86. The lowest BCUT2D eigenvalue weighted by Crippen LogP contribution is -2.74. The highest BCUT2D eigenvalue weighted by Crippen LogP contribution is 2.29. The van der Waals surface area contributed by atoms with Gasteiger partial charge >= 0.3 is 0 Å². The van der Waals surface area contributed by atoms with E-state index in [9.17, 15) is 0 Å². The van der Waals surface area contributed by atoms with E-state index in [4.69, 9.17) is 0 Å². The molecular weight excluding hydrogens is 474 g/mol. The minimum atomic E-state index is -2.55. The summed E-state index contributed by atoms with van der Waals surface area (Å²) in [6.07, 6.45) is 0. The van der Waals surface area contributed by atoms with Gasteiger partial charge in [-0.15, -0.1) is 0 Å². The van der Waals surface area contributed by atoms with Crippen molar-refractivity contribution >= 4 is 50.6 Å². The van der Waals surface area contributed by atoms with Crippen molar-refractivity contribution in [3.63, 3.8) is 0 Å². The lowest BCUT2D eigenvalue weighted by molar-refractivity contribution is 1.54. The zero-order valence-corrected chi connectivity index (χ0v) is 22.0. The topological polar surface area (TPSA) is 15.8 Å². The monoisotopic (exact) mass is 501 g/mol. The van der Waals surface area contributed by atoms with Gasteiger partial charge in [-0.25, -0.2) is 0 Å². The quantitative estimate of drug-likeness (QED) is 0.209. The van der Waals surface area contributed by atoms with Crippen LogP contribution in [0.15, 0.2) is 158 Å². The Morgan fingerprint density at radius 3 is 1.47 bits per heavy atom. The molecule has 0 saturated carbocycles. The van der Waals surface area contributed by atoms with Gasteiger partial charge in [0.15, 0.2) is 8.07 Å². The number of aromatic nitrogens is 1. The fourth-order valence-electron chi connectivity index (χ4n) is 6.03. The molecular formula is C36H27NSi. The van der Waals surface area contributed by atoms with E-state index < -0.39 is 8.07 Å². The van der Waals surface area contributed by atoms with Gasteiger partial charge in [0.25, 0.3) is 0 Å². The van der Waals surface area contributed by atoms with Gasteiger partial charge in [0.1, 0.15) is 0 Å². The van der Waals surface area contributed by atoms with Gasteiger partial charge in [-0.2, -0.15) is 0 Å². The largest absolute Gasteiger partial charge is 0.354 e. The molecule has 0 bridgehead atoms. The first-order chi connectivity index (χ1) is 18.8. The number of rotatable bonds is 5.